The zero-order valence-electron chi connectivity index (χ0n) is 15.2. The first-order chi connectivity index (χ1) is 14.5. The van der Waals surface area contributed by atoms with E-state index in [1.54, 1.807) is 30.3 Å². The van der Waals surface area contributed by atoms with E-state index in [-0.39, 0.29) is 5.11 Å². The molecule has 5 nitrogen and oxygen atoms in total. The molecule has 0 atom stereocenters. The van der Waals surface area contributed by atoms with Gasteiger partial charge in [0.05, 0.1) is 20.3 Å². The molecule has 0 fully saturated rings. The van der Waals surface area contributed by atoms with Gasteiger partial charge in [-0.25, -0.2) is 4.98 Å². The fourth-order valence-corrected chi connectivity index (χ4v) is 4.17. The number of halogens is 2. The monoisotopic (exact) mass is 473 g/mol. The Morgan fingerprint density at radius 3 is 2.77 bits per heavy atom. The Labute approximate surface area is 191 Å². The first kappa shape index (κ1) is 20.6. The van der Waals surface area contributed by atoms with Crippen molar-refractivity contribution in [2.45, 2.75) is 0 Å². The van der Waals surface area contributed by atoms with Gasteiger partial charge in [-0.2, -0.15) is 0 Å². The maximum atomic E-state index is 12.1. The van der Waals surface area contributed by atoms with Crippen molar-refractivity contribution in [2.24, 2.45) is 0 Å². The number of carbonyl (C=O) groups excluding carboxylic acids is 1. The summed E-state index contributed by atoms with van der Waals surface area (Å²) in [5.74, 6) is 0.643. The van der Waals surface area contributed by atoms with E-state index in [0.29, 0.717) is 32.3 Å². The number of nitrogens with one attached hydrogen (secondary N) is 2. The van der Waals surface area contributed by atoms with Crippen molar-refractivity contribution in [3.63, 3.8) is 0 Å². The summed E-state index contributed by atoms with van der Waals surface area (Å²) in [6, 6.07) is 16.5. The average molecular weight is 474 g/mol. The molecule has 2 aromatic heterocycles. The first-order valence-electron chi connectivity index (χ1n) is 8.69. The lowest BCUT2D eigenvalue weighted by Crippen LogP contribution is -2.32. The molecule has 0 saturated carbocycles. The minimum Gasteiger partial charge on any atom is -0.457 e. The number of hydrogen-bond acceptors (Lipinski definition) is 5. The molecular weight excluding hydrogens is 461 g/mol. The van der Waals surface area contributed by atoms with Crippen LogP contribution < -0.4 is 10.6 Å². The number of hydrogen-bond donors (Lipinski definition) is 2. The number of aromatic nitrogens is 1. The van der Waals surface area contributed by atoms with E-state index in [2.05, 4.69) is 15.6 Å². The highest BCUT2D eigenvalue weighted by atomic mass is 35.5. The molecule has 0 aliphatic carbocycles. The van der Waals surface area contributed by atoms with Gasteiger partial charge in [-0.05, 0) is 54.7 Å². The number of anilines is 1. The minimum absolute atomic E-state index is 0.162. The lowest BCUT2D eigenvalue weighted by molar-refractivity contribution is -0.115. The van der Waals surface area contributed by atoms with Gasteiger partial charge >= 0.3 is 0 Å². The third-order valence-electron chi connectivity index (χ3n) is 3.99. The Morgan fingerprint density at radius 2 is 1.93 bits per heavy atom. The Morgan fingerprint density at radius 1 is 1.10 bits per heavy atom. The standard InChI is InChI=1S/C21H13Cl2N3O2S2/c22-14-5-3-4-13(19(14)23)16-10-8-12(28-16)9-11-18(27)25-20(29)26-21-24-15-6-1-2-7-17(15)30-21/h1-11H,(H2,24,25,26,27,29). The summed E-state index contributed by atoms with van der Waals surface area (Å²) in [6.07, 6.45) is 2.87. The number of thiazole rings is 1. The number of nitrogens with zero attached hydrogens (tertiary/aromatic N) is 1. The van der Waals surface area contributed by atoms with Crippen LogP contribution in [0, 0.1) is 0 Å². The molecule has 2 aromatic carbocycles. The number of furan rings is 1. The number of benzene rings is 2. The quantitative estimate of drug-likeness (QED) is 0.265. The fourth-order valence-electron chi connectivity index (χ4n) is 2.65. The van der Waals surface area contributed by atoms with Gasteiger partial charge in [0.2, 0.25) is 5.91 Å². The second kappa shape index (κ2) is 8.97. The van der Waals surface area contributed by atoms with Gasteiger partial charge in [0.1, 0.15) is 11.5 Å². The van der Waals surface area contributed by atoms with Gasteiger partial charge in [-0.3, -0.25) is 10.1 Å². The van der Waals surface area contributed by atoms with Crippen LogP contribution in [-0.4, -0.2) is 16.0 Å². The Balaban J connectivity index is 1.37. The van der Waals surface area contributed by atoms with Gasteiger partial charge in [0.15, 0.2) is 10.2 Å². The Kier molecular flexibility index (Phi) is 6.15. The van der Waals surface area contributed by atoms with Crippen LogP contribution in [0.5, 0.6) is 0 Å². The highest BCUT2D eigenvalue weighted by molar-refractivity contribution is 7.80. The van der Waals surface area contributed by atoms with Crippen molar-refractivity contribution < 1.29 is 9.21 Å². The number of para-hydroxylation sites is 1. The molecular formula is C21H13Cl2N3O2S2. The molecule has 0 spiro atoms. The van der Waals surface area contributed by atoms with E-state index in [9.17, 15) is 4.79 Å². The van der Waals surface area contributed by atoms with Crippen LogP contribution in [-0.2, 0) is 4.79 Å². The van der Waals surface area contributed by atoms with Crippen LogP contribution in [0.4, 0.5) is 5.13 Å². The Hall–Kier alpha value is -2.71. The van der Waals surface area contributed by atoms with Crippen LogP contribution in [0.1, 0.15) is 5.76 Å². The smallest absolute Gasteiger partial charge is 0.250 e. The number of fused-ring (bicyclic) bond motifs is 1. The summed E-state index contributed by atoms with van der Waals surface area (Å²) in [5, 5.41) is 7.12. The third-order valence-corrected chi connectivity index (χ3v) is 5.97. The molecule has 4 aromatic rings. The van der Waals surface area contributed by atoms with Crippen LogP contribution in [0.25, 0.3) is 27.6 Å². The molecule has 0 bridgehead atoms. The van der Waals surface area contributed by atoms with Crippen molar-refractivity contribution >= 4 is 79.2 Å². The molecule has 150 valence electrons. The van der Waals surface area contributed by atoms with E-state index in [1.807, 2.05) is 24.3 Å². The van der Waals surface area contributed by atoms with E-state index < -0.39 is 5.91 Å². The van der Waals surface area contributed by atoms with Crippen LogP contribution in [0.15, 0.2) is 65.1 Å². The van der Waals surface area contributed by atoms with Crippen molar-refractivity contribution in [1.82, 2.24) is 10.3 Å². The predicted molar refractivity (Wildman–Crippen MR) is 127 cm³/mol. The second-order valence-electron chi connectivity index (χ2n) is 6.07. The molecule has 2 N–H and O–H groups in total. The van der Waals surface area contributed by atoms with Crippen LogP contribution in [0.2, 0.25) is 10.0 Å². The summed E-state index contributed by atoms with van der Waals surface area (Å²) < 4.78 is 6.75. The van der Waals surface area contributed by atoms with Gasteiger partial charge in [0.25, 0.3) is 0 Å². The number of amides is 1. The van der Waals surface area contributed by atoms with Crippen molar-refractivity contribution in [3.8, 4) is 11.3 Å². The highest BCUT2D eigenvalue weighted by Crippen LogP contribution is 2.34. The van der Waals surface area contributed by atoms with E-state index in [4.69, 9.17) is 39.8 Å². The molecule has 0 saturated heterocycles. The molecule has 4 rings (SSSR count). The SMILES string of the molecule is O=C(C=Cc1ccc(-c2cccc(Cl)c2Cl)o1)NC(=S)Nc1nc2ccccc2s1. The summed E-state index contributed by atoms with van der Waals surface area (Å²) >= 11 is 18.9. The zero-order chi connectivity index (χ0) is 21.1. The van der Waals surface area contributed by atoms with Gasteiger partial charge in [0, 0.05) is 11.6 Å². The first-order valence-corrected chi connectivity index (χ1v) is 10.7. The fraction of sp³-hybridized carbons (Fsp3) is 0. The van der Waals surface area contributed by atoms with E-state index >= 15 is 0 Å². The van der Waals surface area contributed by atoms with Crippen LogP contribution >= 0.6 is 46.8 Å². The number of rotatable bonds is 4. The molecule has 2 heterocycles. The summed E-state index contributed by atoms with van der Waals surface area (Å²) in [6.45, 7) is 0. The summed E-state index contributed by atoms with van der Waals surface area (Å²) in [4.78, 5) is 16.6. The third kappa shape index (κ3) is 4.71. The number of carbonyl (C=O) groups is 1. The second-order valence-corrected chi connectivity index (χ2v) is 8.29. The lowest BCUT2D eigenvalue weighted by Gasteiger charge is -2.04. The largest absolute Gasteiger partial charge is 0.457 e. The summed E-state index contributed by atoms with van der Waals surface area (Å²) in [5.41, 5.74) is 1.54. The molecule has 0 aliphatic rings. The van der Waals surface area contributed by atoms with Gasteiger partial charge < -0.3 is 9.73 Å². The normalized spacial score (nSPS) is 11.1. The van der Waals surface area contributed by atoms with E-state index in [0.717, 1.165) is 10.2 Å². The molecule has 9 heteroatoms. The van der Waals surface area contributed by atoms with Gasteiger partial charge in [-0.15, -0.1) is 0 Å². The zero-order valence-corrected chi connectivity index (χ0v) is 18.3. The van der Waals surface area contributed by atoms with Crippen molar-refractivity contribution in [3.05, 3.63) is 76.5 Å². The highest BCUT2D eigenvalue weighted by Gasteiger charge is 2.11. The van der Waals surface area contributed by atoms with Crippen molar-refractivity contribution in [2.75, 3.05) is 5.32 Å². The average Bonchev–Trinajstić information content (AvgIpc) is 3.34. The van der Waals surface area contributed by atoms with Gasteiger partial charge in [-0.1, -0.05) is 52.7 Å². The predicted octanol–water partition coefficient (Wildman–Crippen LogP) is 6.39. The topological polar surface area (TPSA) is 67.2 Å². The molecule has 1 amide bonds. The Bertz CT molecular complexity index is 1250. The molecule has 0 unspecified atom stereocenters. The molecule has 0 aliphatic heterocycles. The maximum Gasteiger partial charge on any atom is 0.250 e. The molecule has 0 radical (unpaired) electrons. The summed E-state index contributed by atoms with van der Waals surface area (Å²) in [7, 11) is 0. The maximum absolute atomic E-state index is 12.1. The number of thiocarbonyl (C=S) groups is 1. The molecule has 30 heavy (non-hydrogen) atoms. The van der Waals surface area contributed by atoms with E-state index in [1.165, 1.54) is 23.5 Å². The minimum atomic E-state index is -0.396. The van der Waals surface area contributed by atoms with Crippen molar-refractivity contribution in [1.29, 1.82) is 0 Å². The van der Waals surface area contributed by atoms with Crippen LogP contribution in [0.3, 0.4) is 0 Å². The lowest BCUT2D eigenvalue weighted by atomic mass is 10.2.